The number of nitrogens with zero attached hydrogens (tertiary/aromatic N) is 4. The fourth-order valence-electron chi connectivity index (χ4n) is 3.83. The second-order valence-electron chi connectivity index (χ2n) is 7.52. The molecule has 0 saturated carbocycles. The van der Waals surface area contributed by atoms with Crippen LogP contribution in [-0.4, -0.2) is 15.3 Å². The van der Waals surface area contributed by atoms with Crippen LogP contribution in [0.5, 0.6) is 0 Å². The van der Waals surface area contributed by atoms with Crippen LogP contribution in [0.4, 0.5) is 5.69 Å². The molecule has 32 heavy (non-hydrogen) atoms. The van der Waals surface area contributed by atoms with E-state index in [4.69, 9.17) is 10.1 Å². The predicted molar refractivity (Wildman–Crippen MR) is 127 cm³/mol. The number of aromatic nitrogens is 1. The third kappa shape index (κ3) is 4.02. The van der Waals surface area contributed by atoms with Crippen molar-refractivity contribution in [2.24, 2.45) is 10.1 Å². The number of nitro groups is 1. The van der Waals surface area contributed by atoms with Gasteiger partial charge in [0.2, 0.25) is 4.80 Å². The highest BCUT2D eigenvalue weighted by molar-refractivity contribution is 7.07. The van der Waals surface area contributed by atoms with Crippen molar-refractivity contribution in [3.05, 3.63) is 116 Å². The van der Waals surface area contributed by atoms with E-state index in [1.165, 1.54) is 34.6 Å². The fraction of sp³-hybridized carbons (Fsp3) is 0.120. The highest BCUT2D eigenvalue weighted by Crippen LogP contribution is 2.26. The zero-order chi connectivity index (χ0) is 21.9. The van der Waals surface area contributed by atoms with Gasteiger partial charge in [0.25, 0.3) is 5.69 Å². The van der Waals surface area contributed by atoms with Gasteiger partial charge < -0.3 is 0 Å². The second kappa shape index (κ2) is 8.72. The number of hydrogen-bond donors (Lipinski definition) is 0. The molecule has 5 rings (SSSR count). The number of nitro benzene ring substituents is 1. The average molecular weight is 441 g/mol. The van der Waals surface area contributed by atoms with Gasteiger partial charge in [0.15, 0.2) is 0 Å². The van der Waals surface area contributed by atoms with Crippen molar-refractivity contribution in [2.75, 3.05) is 0 Å². The van der Waals surface area contributed by atoms with E-state index in [-0.39, 0.29) is 10.6 Å². The summed E-state index contributed by atoms with van der Waals surface area (Å²) in [4.78, 5) is 16.3. The average Bonchev–Trinajstić information content (AvgIpc) is 3.43. The van der Waals surface area contributed by atoms with Crippen LogP contribution >= 0.6 is 11.3 Å². The maximum atomic E-state index is 11.1. The van der Waals surface area contributed by atoms with Crippen molar-refractivity contribution >= 4 is 22.7 Å². The molecule has 1 aliphatic rings. The van der Waals surface area contributed by atoms with Gasteiger partial charge in [-0.25, -0.2) is 4.68 Å². The Bertz CT molecular complexity index is 1370. The number of rotatable bonds is 5. The first-order valence-electron chi connectivity index (χ1n) is 10.3. The van der Waals surface area contributed by atoms with Crippen LogP contribution in [0.25, 0.3) is 11.3 Å². The normalized spacial score (nSPS) is 14.6. The minimum atomic E-state index is -0.387. The maximum Gasteiger partial charge on any atom is 0.269 e. The highest BCUT2D eigenvalue weighted by Gasteiger charge is 2.18. The highest BCUT2D eigenvalue weighted by atomic mass is 32.1. The summed E-state index contributed by atoms with van der Waals surface area (Å²) < 4.78 is 1.88. The molecule has 3 aromatic carbocycles. The fourth-order valence-corrected chi connectivity index (χ4v) is 4.66. The first-order chi connectivity index (χ1) is 15.7. The molecule has 0 bridgehead atoms. The van der Waals surface area contributed by atoms with Gasteiger partial charge >= 0.3 is 0 Å². The lowest BCUT2D eigenvalue weighted by Gasteiger charge is -2.06. The number of thiazole rings is 1. The van der Waals surface area contributed by atoms with E-state index in [1.54, 1.807) is 12.1 Å². The Balaban J connectivity index is 1.61. The SMILES string of the molecule is O=[N+]([O-])c1ccc(-c2csc(=NCc3ccccc3)n2N=C2CCc3ccccc32)cc1. The topological polar surface area (TPSA) is 72.8 Å². The van der Waals surface area contributed by atoms with Crippen molar-refractivity contribution in [1.29, 1.82) is 0 Å². The number of hydrogen-bond acceptors (Lipinski definition) is 5. The van der Waals surface area contributed by atoms with Crippen LogP contribution in [0.1, 0.15) is 23.1 Å². The molecule has 0 amide bonds. The Labute approximate surface area is 189 Å². The Hall–Kier alpha value is -3.84. The van der Waals surface area contributed by atoms with Crippen molar-refractivity contribution in [3.63, 3.8) is 0 Å². The minimum Gasteiger partial charge on any atom is -0.258 e. The quantitative estimate of drug-likeness (QED) is 0.307. The van der Waals surface area contributed by atoms with Crippen LogP contribution in [0, 0.1) is 10.1 Å². The Kier molecular flexibility index (Phi) is 5.47. The molecular weight excluding hydrogens is 420 g/mol. The summed E-state index contributed by atoms with van der Waals surface area (Å²) >= 11 is 1.52. The van der Waals surface area contributed by atoms with Crippen LogP contribution in [-0.2, 0) is 13.0 Å². The van der Waals surface area contributed by atoms with Crippen molar-refractivity contribution in [3.8, 4) is 11.3 Å². The van der Waals surface area contributed by atoms with E-state index in [1.807, 2.05) is 34.3 Å². The number of aryl methyl sites for hydroxylation is 1. The van der Waals surface area contributed by atoms with Gasteiger partial charge in [0.1, 0.15) is 0 Å². The molecule has 0 aliphatic heterocycles. The summed E-state index contributed by atoms with van der Waals surface area (Å²) in [6.07, 6.45) is 1.85. The van der Waals surface area contributed by atoms with Crippen LogP contribution in [0.2, 0.25) is 0 Å². The molecule has 0 unspecified atom stereocenters. The Morgan fingerprint density at radius 1 is 0.938 bits per heavy atom. The van der Waals surface area contributed by atoms with Crippen molar-refractivity contribution < 1.29 is 4.92 Å². The molecule has 1 heterocycles. The number of non-ortho nitro benzene ring substituents is 1. The summed E-state index contributed by atoms with van der Waals surface area (Å²) in [5.74, 6) is 0. The van der Waals surface area contributed by atoms with E-state index >= 15 is 0 Å². The summed E-state index contributed by atoms with van der Waals surface area (Å²) in [7, 11) is 0. The molecule has 7 heteroatoms. The number of fused-ring (bicyclic) bond motifs is 1. The molecule has 1 aromatic heterocycles. The van der Waals surface area contributed by atoms with Crippen molar-refractivity contribution in [2.45, 2.75) is 19.4 Å². The van der Waals surface area contributed by atoms with Crippen LogP contribution in [0.15, 0.2) is 94.3 Å². The van der Waals surface area contributed by atoms with Gasteiger partial charge in [0.05, 0.1) is 22.9 Å². The third-order valence-electron chi connectivity index (χ3n) is 5.48. The lowest BCUT2D eigenvalue weighted by molar-refractivity contribution is -0.384. The van der Waals surface area contributed by atoms with Gasteiger partial charge in [-0.05, 0) is 36.1 Å². The first kappa shape index (κ1) is 20.1. The molecular formula is C25H20N4O2S. The van der Waals surface area contributed by atoms with E-state index in [0.717, 1.165) is 40.2 Å². The van der Waals surface area contributed by atoms with Crippen LogP contribution < -0.4 is 4.80 Å². The van der Waals surface area contributed by atoms with E-state index in [0.29, 0.717) is 6.54 Å². The van der Waals surface area contributed by atoms with Gasteiger partial charge in [-0.2, -0.15) is 5.10 Å². The summed E-state index contributed by atoms with van der Waals surface area (Å²) in [5, 5.41) is 18.1. The summed E-state index contributed by atoms with van der Waals surface area (Å²) in [6.45, 7) is 0.558. The molecule has 0 fully saturated rings. The molecule has 0 radical (unpaired) electrons. The predicted octanol–water partition coefficient (Wildman–Crippen LogP) is 5.42. The van der Waals surface area contributed by atoms with Gasteiger partial charge in [-0.3, -0.25) is 15.1 Å². The smallest absolute Gasteiger partial charge is 0.258 e. The first-order valence-corrected chi connectivity index (χ1v) is 11.2. The van der Waals surface area contributed by atoms with Gasteiger partial charge in [-0.1, -0.05) is 54.6 Å². The zero-order valence-electron chi connectivity index (χ0n) is 17.2. The van der Waals surface area contributed by atoms with E-state index < -0.39 is 0 Å². The second-order valence-corrected chi connectivity index (χ2v) is 8.36. The van der Waals surface area contributed by atoms with E-state index in [9.17, 15) is 10.1 Å². The molecule has 0 atom stereocenters. The standard InChI is InChI=1S/C25H20N4O2S/c30-29(31)21-13-10-20(11-14-21)24-17-32-25(26-16-18-6-2-1-3-7-18)28(24)27-23-15-12-19-8-4-5-9-22(19)23/h1-11,13-14,17H,12,15-16H2. The van der Waals surface area contributed by atoms with Gasteiger partial charge in [-0.15, -0.1) is 11.3 Å². The molecule has 0 saturated heterocycles. The molecule has 158 valence electrons. The monoisotopic (exact) mass is 440 g/mol. The van der Waals surface area contributed by atoms with E-state index in [2.05, 4.69) is 30.3 Å². The molecule has 4 aromatic rings. The Morgan fingerprint density at radius 2 is 1.69 bits per heavy atom. The third-order valence-corrected chi connectivity index (χ3v) is 6.33. The van der Waals surface area contributed by atoms with Gasteiger partial charge in [0, 0.05) is 28.6 Å². The minimum absolute atomic E-state index is 0.0700. The largest absolute Gasteiger partial charge is 0.269 e. The molecule has 0 N–H and O–H groups in total. The number of benzene rings is 3. The maximum absolute atomic E-state index is 11.1. The van der Waals surface area contributed by atoms with Crippen LogP contribution in [0.3, 0.4) is 0 Å². The lowest BCUT2D eigenvalue weighted by Crippen LogP contribution is -2.14. The molecule has 1 aliphatic carbocycles. The lowest BCUT2D eigenvalue weighted by atomic mass is 10.1. The Morgan fingerprint density at radius 3 is 2.47 bits per heavy atom. The summed E-state index contributed by atoms with van der Waals surface area (Å²) in [6, 6.07) is 25.0. The molecule has 0 spiro atoms. The van der Waals surface area contributed by atoms with Crippen molar-refractivity contribution in [1.82, 2.24) is 4.68 Å². The zero-order valence-corrected chi connectivity index (χ0v) is 18.0. The summed E-state index contributed by atoms with van der Waals surface area (Å²) in [5.41, 5.74) is 6.45. The molecule has 6 nitrogen and oxygen atoms in total.